The van der Waals surface area contributed by atoms with Crippen molar-refractivity contribution in [1.29, 1.82) is 0 Å². The van der Waals surface area contributed by atoms with Gasteiger partial charge in [-0.2, -0.15) is 0 Å². The molecule has 0 aliphatic rings. The summed E-state index contributed by atoms with van der Waals surface area (Å²) in [4.78, 5) is 16.4. The fraction of sp³-hybridized carbons (Fsp3) is 0.263. The molecule has 1 aromatic heterocycles. The molecule has 0 saturated heterocycles. The molecule has 124 valence electrons. The van der Waals surface area contributed by atoms with E-state index in [1.165, 1.54) is 5.56 Å². The van der Waals surface area contributed by atoms with Gasteiger partial charge in [0.2, 0.25) is 5.91 Å². The summed E-state index contributed by atoms with van der Waals surface area (Å²) >= 11 is 0. The summed E-state index contributed by atoms with van der Waals surface area (Å²) in [6.07, 6.45) is 2.96. The molecule has 0 unspecified atom stereocenters. The molecular weight excluding hydrogens is 302 g/mol. The summed E-state index contributed by atoms with van der Waals surface area (Å²) in [5, 5.41) is 2.97. The van der Waals surface area contributed by atoms with Gasteiger partial charge in [0.15, 0.2) is 0 Å². The molecule has 0 atom stereocenters. The number of methoxy groups -OCH3 is 1. The van der Waals surface area contributed by atoms with Crippen molar-refractivity contribution < 1.29 is 9.53 Å². The number of fused-ring (bicyclic) bond motifs is 1. The van der Waals surface area contributed by atoms with E-state index in [4.69, 9.17) is 4.74 Å². The SMILES string of the molecule is COc1cccc(CC(=O)NCCc2ccc3c(c2)ncn3C)c1. The van der Waals surface area contributed by atoms with Gasteiger partial charge in [0.1, 0.15) is 5.75 Å². The van der Waals surface area contributed by atoms with E-state index >= 15 is 0 Å². The van der Waals surface area contributed by atoms with Gasteiger partial charge in [-0.05, 0) is 41.8 Å². The van der Waals surface area contributed by atoms with E-state index in [9.17, 15) is 4.79 Å². The van der Waals surface area contributed by atoms with Crippen LogP contribution in [-0.4, -0.2) is 29.1 Å². The second-order valence-electron chi connectivity index (χ2n) is 5.81. The molecule has 3 rings (SSSR count). The molecule has 5 heteroatoms. The smallest absolute Gasteiger partial charge is 0.224 e. The zero-order valence-corrected chi connectivity index (χ0v) is 14.0. The molecule has 3 aromatic rings. The third kappa shape index (κ3) is 3.74. The molecule has 1 amide bonds. The number of aromatic nitrogens is 2. The van der Waals surface area contributed by atoms with Crippen LogP contribution < -0.4 is 10.1 Å². The number of carbonyl (C=O) groups excluding carboxylic acids is 1. The van der Waals surface area contributed by atoms with Gasteiger partial charge in [-0.15, -0.1) is 0 Å². The Balaban J connectivity index is 1.52. The van der Waals surface area contributed by atoms with Crippen LogP contribution in [0.4, 0.5) is 0 Å². The zero-order valence-electron chi connectivity index (χ0n) is 14.0. The van der Waals surface area contributed by atoms with Crippen molar-refractivity contribution in [2.45, 2.75) is 12.8 Å². The normalized spacial score (nSPS) is 10.8. The number of nitrogens with zero attached hydrogens (tertiary/aromatic N) is 2. The highest BCUT2D eigenvalue weighted by molar-refractivity contribution is 5.79. The number of nitrogens with one attached hydrogen (secondary N) is 1. The lowest BCUT2D eigenvalue weighted by Gasteiger charge is -2.07. The van der Waals surface area contributed by atoms with Crippen molar-refractivity contribution in [2.24, 2.45) is 7.05 Å². The lowest BCUT2D eigenvalue weighted by atomic mass is 10.1. The average molecular weight is 323 g/mol. The third-order valence-electron chi connectivity index (χ3n) is 4.02. The van der Waals surface area contributed by atoms with Gasteiger partial charge in [0, 0.05) is 13.6 Å². The molecule has 0 spiro atoms. The Labute approximate surface area is 141 Å². The van der Waals surface area contributed by atoms with Crippen LogP contribution in [-0.2, 0) is 24.7 Å². The average Bonchev–Trinajstić information content (AvgIpc) is 2.95. The van der Waals surface area contributed by atoms with Crippen LogP contribution in [0.25, 0.3) is 11.0 Å². The number of carbonyl (C=O) groups is 1. The van der Waals surface area contributed by atoms with Crippen LogP contribution in [0.2, 0.25) is 0 Å². The number of imidazole rings is 1. The van der Waals surface area contributed by atoms with Gasteiger partial charge in [0.25, 0.3) is 0 Å². The van der Waals surface area contributed by atoms with Gasteiger partial charge in [-0.3, -0.25) is 4.79 Å². The van der Waals surface area contributed by atoms with Gasteiger partial charge in [-0.25, -0.2) is 4.98 Å². The van der Waals surface area contributed by atoms with Crippen molar-refractivity contribution in [3.8, 4) is 5.75 Å². The Hall–Kier alpha value is -2.82. The molecule has 1 heterocycles. The first-order valence-electron chi connectivity index (χ1n) is 7.95. The Morgan fingerprint density at radius 1 is 1.21 bits per heavy atom. The predicted molar refractivity (Wildman–Crippen MR) is 94.1 cm³/mol. The summed E-state index contributed by atoms with van der Waals surface area (Å²) < 4.78 is 7.17. The second kappa shape index (κ2) is 7.17. The van der Waals surface area contributed by atoms with Crippen LogP contribution in [0.15, 0.2) is 48.8 Å². The maximum absolute atomic E-state index is 12.1. The van der Waals surface area contributed by atoms with E-state index in [2.05, 4.69) is 28.5 Å². The Morgan fingerprint density at radius 3 is 2.92 bits per heavy atom. The fourth-order valence-electron chi connectivity index (χ4n) is 2.71. The van der Waals surface area contributed by atoms with Crippen molar-refractivity contribution in [1.82, 2.24) is 14.9 Å². The summed E-state index contributed by atoms with van der Waals surface area (Å²) in [7, 11) is 3.60. The van der Waals surface area contributed by atoms with Crippen molar-refractivity contribution in [2.75, 3.05) is 13.7 Å². The summed E-state index contributed by atoms with van der Waals surface area (Å²) in [5.41, 5.74) is 4.21. The number of amides is 1. The first-order chi connectivity index (χ1) is 11.7. The third-order valence-corrected chi connectivity index (χ3v) is 4.02. The molecule has 24 heavy (non-hydrogen) atoms. The van der Waals surface area contributed by atoms with E-state index in [1.807, 2.05) is 42.2 Å². The Bertz CT molecular complexity index is 855. The highest BCUT2D eigenvalue weighted by atomic mass is 16.5. The quantitative estimate of drug-likeness (QED) is 0.758. The number of benzene rings is 2. The molecule has 1 N–H and O–H groups in total. The molecule has 2 aromatic carbocycles. The highest BCUT2D eigenvalue weighted by Gasteiger charge is 2.05. The summed E-state index contributed by atoms with van der Waals surface area (Å²) in [5.74, 6) is 0.783. The van der Waals surface area contributed by atoms with Gasteiger partial charge in [-0.1, -0.05) is 18.2 Å². The molecular formula is C19H21N3O2. The monoisotopic (exact) mass is 323 g/mol. The van der Waals surface area contributed by atoms with Crippen LogP contribution in [0.3, 0.4) is 0 Å². The minimum Gasteiger partial charge on any atom is -0.497 e. The molecule has 5 nitrogen and oxygen atoms in total. The van der Waals surface area contributed by atoms with E-state index < -0.39 is 0 Å². The molecule has 0 radical (unpaired) electrons. The first kappa shape index (κ1) is 16.1. The van der Waals surface area contributed by atoms with Crippen molar-refractivity contribution in [3.63, 3.8) is 0 Å². The fourth-order valence-corrected chi connectivity index (χ4v) is 2.71. The molecule has 0 bridgehead atoms. The predicted octanol–water partition coefficient (Wildman–Crippen LogP) is 2.48. The Morgan fingerprint density at radius 2 is 2.08 bits per heavy atom. The van der Waals surface area contributed by atoms with Gasteiger partial charge < -0.3 is 14.6 Å². The van der Waals surface area contributed by atoms with Crippen LogP contribution in [0.5, 0.6) is 5.75 Å². The van der Waals surface area contributed by atoms with E-state index in [0.29, 0.717) is 13.0 Å². The van der Waals surface area contributed by atoms with Gasteiger partial charge >= 0.3 is 0 Å². The van der Waals surface area contributed by atoms with Crippen molar-refractivity contribution in [3.05, 3.63) is 59.9 Å². The lowest BCUT2D eigenvalue weighted by Crippen LogP contribution is -2.27. The van der Waals surface area contributed by atoms with Crippen LogP contribution >= 0.6 is 0 Å². The number of hydrogen-bond donors (Lipinski definition) is 1. The zero-order chi connectivity index (χ0) is 16.9. The van der Waals surface area contributed by atoms with Crippen molar-refractivity contribution >= 4 is 16.9 Å². The van der Waals surface area contributed by atoms with E-state index in [1.54, 1.807) is 7.11 Å². The number of hydrogen-bond acceptors (Lipinski definition) is 3. The first-order valence-corrected chi connectivity index (χ1v) is 7.95. The summed E-state index contributed by atoms with van der Waals surface area (Å²) in [6, 6.07) is 13.8. The van der Waals surface area contributed by atoms with Crippen LogP contribution in [0, 0.1) is 0 Å². The second-order valence-corrected chi connectivity index (χ2v) is 5.81. The van der Waals surface area contributed by atoms with Crippen LogP contribution in [0.1, 0.15) is 11.1 Å². The lowest BCUT2D eigenvalue weighted by molar-refractivity contribution is -0.120. The highest BCUT2D eigenvalue weighted by Crippen LogP contribution is 2.14. The maximum atomic E-state index is 12.1. The topological polar surface area (TPSA) is 56.1 Å². The molecule has 0 aliphatic heterocycles. The Kier molecular flexibility index (Phi) is 4.79. The summed E-state index contributed by atoms with van der Waals surface area (Å²) in [6.45, 7) is 0.612. The molecule has 0 fully saturated rings. The number of ether oxygens (including phenoxy) is 1. The molecule has 0 saturated carbocycles. The standard InChI is InChI=1S/C19H21N3O2/c1-22-13-21-17-11-14(6-7-18(17)22)8-9-20-19(23)12-15-4-3-5-16(10-15)24-2/h3-7,10-11,13H,8-9,12H2,1-2H3,(H,20,23). The maximum Gasteiger partial charge on any atom is 0.224 e. The van der Waals surface area contributed by atoms with Gasteiger partial charge in [0.05, 0.1) is 30.9 Å². The van der Waals surface area contributed by atoms with E-state index in [0.717, 1.165) is 28.8 Å². The minimum absolute atomic E-state index is 0.0159. The molecule has 0 aliphatic carbocycles. The number of aryl methyl sites for hydroxylation is 1. The largest absolute Gasteiger partial charge is 0.497 e. The minimum atomic E-state index is 0.0159. The van der Waals surface area contributed by atoms with E-state index in [-0.39, 0.29) is 5.91 Å². The number of rotatable bonds is 6.